The molecule has 2 heterocycles. The summed E-state index contributed by atoms with van der Waals surface area (Å²) in [7, 11) is 0. The van der Waals surface area contributed by atoms with Crippen LogP contribution in [0.3, 0.4) is 0 Å². The lowest BCUT2D eigenvalue weighted by atomic mass is 10.1. The maximum Gasteiger partial charge on any atom is 0.327 e. The van der Waals surface area contributed by atoms with Gasteiger partial charge in [0.05, 0.1) is 11.9 Å². The molecule has 0 saturated carbocycles. The van der Waals surface area contributed by atoms with E-state index in [4.69, 9.17) is 5.11 Å². The normalized spacial score (nSPS) is 20.1. The van der Waals surface area contributed by atoms with Crippen molar-refractivity contribution in [2.75, 3.05) is 11.6 Å². The van der Waals surface area contributed by atoms with Crippen molar-refractivity contribution in [3.8, 4) is 0 Å². The summed E-state index contributed by atoms with van der Waals surface area (Å²) in [6.07, 6.45) is 3.31. The molecule has 6 nitrogen and oxygen atoms in total. The van der Waals surface area contributed by atoms with Gasteiger partial charge in [-0.1, -0.05) is 0 Å². The van der Waals surface area contributed by atoms with Gasteiger partial charge in [0.15, 0.2) is 0 Å². The number of hydrogen-bond acceptors (Lipinski definition) is 4. The zero-order chi connectivity index (χ0) is 13.8. The lowest BCUT2D eigenvalue weighted by Gasteiger charge is -2.23. The number of nitrogens with zero attached hydrogens (tertiary/aromatic N) is 2. The molecule has 1 aliphatic heterocycles. The number of rotatable bonds is 3. The van der Waals surface area contributed by atoms with Crippen molar-refractivity contribution in [2.24, 2.45) is 0 Å². The van der Waals surface area contributed by atoms with Crippen molar-refractivity contribution in [3.05, 3.63) is 30.1 Å². The monoisotopic (exact) mass is 281 g/mol. The molecule has 0 aliphatic carbocycles. The number of pyridine rings is 1. The van der Waals surface area contributed by atoms with Gasteiger partial charge in [0, 0.05) is 18.1 Å². The summed E-state index contributed by atoms with van der Waals surface area (Å²) in [4.78, 5) is 28.4. The molecule has 7 heteroatoms. The van der Waals surface area contributed by atoms with E-state index in [1.165, 1.54) is 16.7 Å². The van der Waals surface area contributed by atoms with E-state index < -0.39 is 12.0 Å². The Balaban J connectivity index is 1.99. The summed E-state index contributed by atoms with van der Waals surface area (Å²) < 4.78 is 0. The van der Waals surface area contributed by atoms with Gasteiger partial charge in [0.25, 0.3) is 0 Å². The van der Waals surface area contributed by atoms with Gasteiger partial charge >= 0.3 is 12.0 Å². The van der Waals surface area contributed by atoms with Gasteiger partial charge in [-0.05, 0) is 24.6 Å². The summed E-state index contributed by atoms with van der Waals surface area (Å²) in [5.74, 6) is -0.116. The summed E-state index contributed by atoms with van der Waals surface area (Å²) in [6.45, 7) is 1.85. The van der Waals surface area contributed by atoms with Crippen LogP contribution < -0.4 is 5.32 Å². The zero-order valence-electron chi connectivity index (χ0n) is 10.4. The van der Waals surface area contributed by atoms with Crippen LogP contribution >= 0.6 is 11.8 Å². The molecule has 2 unspecified atom stereocenters. The van der Waals surface area contributed by atoms with Crippen molar-refractivity contribution < 1.29 is 14.7 Å². The van der Waals surface area contributed by atoms with Crippen molar-refractivity contribution in [1.82, 2.24) is 15.2 Å². The molecule has 2 amide bonds. The second-order valence-corrected chi connectivity index (χ2v) is 5.28. The fourth-order valence-corrected chi connectivity index (χ4v) is 3.00. The number of thioether (sulfide) groups is 1. The van der Waals surface area contributed by atoms with E-state index in [0.717, 1.165) is 5.56 Å². The molecule has 0 radical (unpaired) electrons. The van der Waals surface area contributed by atoms with Gasteiger partial charge in [-0.3, -0.25) is 4.98 Å². The maximum atomic E-state index is 12.1. The quantitative estimate of drug-likeness (QED) is 0.873. The number of urea groups is 1. The molecule has 1 fully saturated rings. The SMILES string of the molecule is CC(NC(=O)N1CSCC1C(=O)O)c1ccncc1. The number of aliphatic carboxylic acids is 1. The lowest BCUT2D eigenvalue weighted by molar-refractivity contribution is -0.140. The van der Waals surface area contributed by atoms with E-state index in [9.17, 15) is 9.59 Å². The minimum absolute atomic E-state index is 0.185. The molecule has 1 aliphatic rings. The summed E-state index contributed by atoms with van der Waals surface area (Å²) in [5, 5.41) is 11.8. The largest absolute Gasteiger partial charge is 0.480 e. The molecule has 102 valence electrons. The second kappa shape index (κ2) is 5.92. The van der Waals surface area contributed by atoms with Crippen LogP contribution in [0.2, 0.25) is 0 Å². The van der Waals surface area contributed by atoms with E-state index in [2.05, 4.69) is 10.3 Å². The van der Waals surface area contributed by atoms with E-state index in [1.807, 2.05) is 19.1 Å². The Hall–Kier alpha value is -1.76. The molecule has 2 N–H and O–H groups in total. The first kappa shape index (κ1) is 13.7. The first-order valence-corrected chi connectivity index (χ1v) is 7.02. The minimum atomic E-state index is -0.961. The molecule has 19 heavy (non-hydrogen) atoms. The molecule has 0 spiro atoms. The first-order valence-electron chi connectivity index (χ1n) is 5.87. The highest BCUT2D eigenvalue weighted by molar-refractivity contribution is 7.99. The zero-order valence-corrected chi connectivity index (χ0v) is 11.3. The molecule has 2 atom stereocenters. The molecule has 0 bridgehead atoms. The van der Waals surface area contributed by atoms with E-state index in [1.54, 1.807) is 12.4 Å². The number of carboxylic acids is 1. The predicted molar refractivity (Wildman–Crippen MR) is 71.8 cm³/mol. The Morgan fingerprint density at radius 2 is 2.21 bits per heavy atom. The number of amides is 2. The first-order chi connectivity index (χ1) is 9.09. The minimum Gasteiger partial charge on any atom is -0.480 e. The highest BCUT2D eigenvalue weighted by Gasteiger charge is 2.34. The van der Waals surface area contributed by atoms with Crippen LogP contribution in [0.5, 0.6) is 0 Å². The Morgan fingerprint density at radius 3 is 2.84 bits per heavy atom. The molecule has 0 aromatic carbocycles. The highest BCUT2D eigenvalue weighted by Crippen LogP contribution is 2.22. The summed E-state index contributed by atoms with van der Waals surface area (Å²) in [6, 6.07) is 2.36. The smallest absolute Gasteiger partial charge is 0.327 e. The van der Waals surface area contributed by atoms with Crippen molar-refractivity contribution in [3.63, 3.8) is 0 Å². The fraction of sp³-hybridized carbons (Fsp3) is 0.417. The highest BCUT2D eigenvalue weighted by atomic mass is 32.2. The topological polar surface area (TPSA) is 82.5 Å². The van der Waals surface area contributed by atoms with Gasteiger partial charge in [0.1, 0.15) is 6.04 Å². The number of aromatic nitrogens is 1. The van der Waals surface area contributed by atoms with Crippen LogP contribution in [0.15, 0.2) is 24.5 Å². The van der Waals surface area contributed by atoms with Gasteiger partial charge in [0.2, 0.25) is 0 Å². The Bertz CT molecular complexity index is 469. The van der Waals surface area contributed by atoms with E-state index in [-0.39, 0.29) is 12.1 Å². The lowest BCUT2D eigenvalue weighted by Crippen LogP contribution is -2.47. The number of carbonyl (C=O) groups excluding carboxylic acids is 1. The van der Waals surface area contributed by atoms with Crippen LogP contribution in [0.25, 0.3) is 0 Å². The van der Waals surface area contributed by atoms with Crippen molar-refractivity contribution in [2.45, 2.75) is 19.0 Å². The van der Waals surface area contributed by atoms with E-state index in [0.29, 0.717) is 11.6 Å². The third kappa shape index (κ3) is 3.17. The van der Waals surface area contributed by atoms with E-state index >= 15 is 0 Å². The molecule has 1 aromatic rings. The number of carbonyl (C=O) groups is 2. The fourth-order valence-electron chi connectivity index (χ4n) is 1.85. The summed E-state index contributed by atoms with van der Waals surface area (Å²) >= 11 is 1.44. The third-order valence-electron chi connectivity index (χ3n) is 2.97. The Kier molecular flexibility index (Phi) is 4.26. The summed E-state index contributed by atoms with van der Waals surface area (Å²) in [5.41, 5.74) is 0.932. The predicted octanol–water partition coefficient (Wildman–Crippen LogP) is 1.31. The average Bonchev–Trinajstić information content (AvgIpc) is 2.89. The molecular formula is C12H15N3O3S. The molecule has 2 rings (SSSR count). The number of carboxylic acid groups (broad SMARTS) is 1. The Labute approximate surface area is 115 Å². The molecular weight excluding hydrogens is 266 g/mol. The van der Waals surface area contributed by atoms with Gasteiger partial charge in [-0.25, -0.2) is 9.59 Å². The van der Waals surface area contributed by atoms with Gasteiger partial charge < -0.3 is 15.3 Å². The number of nitrogens with one attached hydrogen (secondary N) is 1. The van der Waals surface area contributed by atoms with Crippen LogP contribution in [0.1, 0.15) is 18.5 Å². The second-order valence-electron chi connectivity index (χ2n) is 4.28. The third-order valence-corrected chi connectivity index (χ3v) is 3.99. The van der Waals surface area contributed by atoms with Crippen molar-refractivity contribution in [1.29, 1.82) is 0 Å². The van der Waals surface area contributed by atoms with Crippen LogP contribution in [-0.2, 0) is 4.79 Å². The van der Waals surface area contributed by atoms with Crippen LogP contribution in [0, 0.1) is 0 Å². The van der Waals surface area contributed by atoms with Crippen LogP contribution in [0.4, 0.5) is 4.79 Å². The maximum absolute atomic E-state index is 12.1. The number of hydrogen-bond donors (Lipinski definition) is 2. The van der Waals surface area contributed by atoms with Gasteiger partial charge in [-0.2, -0.15) is 0 Å². The Morgan fingerprint density at radius 1 is 1.53 bits per heavy atom. The molecule has 1 saturated heterocycles. The van der Waals surface area contributed by atoms with Gasteiger partial charge in [-0.15, -0.1) is 11.8 Å². The molecule has 1 aromatic heterocycles. The van der Waals surface area contributed by atoms with Crippen molar-refractivity contribution >= 4 is 23.8 Å². The van der Waals surface area contributed by atoms with Crippen LogP contribution in [-0.4, -0.2) is 44.7 Å². The standard InChI is InChI=1S/C12H15N3O3S/c1-8(9-2-4-13-5-3-9)14-12(18)15-7-19-6-10(15)11(16)17/h2-5,8,10H,6-7H2,1H3,(H,14,18)(H,16,17). The average molecular weight is 281 g/mol.